The van der Waals surface area contributed by atoms with Gasteiger partial charge in [0, 0.05) is 38.8 Å². The number of ether oxygens (including phenoxy) is 1. The van der Waals surface area contributed by atoms with E-state index in [9.17, 15) is 9.59 Å². The van der Waals surface area contributed by atoms with Crippen LogP contribution in [0.4, 0.5) is 0 Å². The number of nitrogens with zero attached hydrogens (tertiary/aromatic N) is 6. The number of hydrogen-bond donors (Lipinski definition) is 1. The molecule has 0 aliphatic carbocycles. The number of likely N-dealkylation sites (N-methyl/N-ethyl adjacent to an activating group) is 1. The first-order valence-corrected chi connectivity index (χ1v) is 9.80. The Morgan fingerprint density at radius 1 is 1.24 bits per heavy atom. The van der Waals surface area contributed by atoms with Crippen molar-refractivity contribution < 1.29 is 14.3 Å². The first kappa shape index (κ1) is 21.0. The molecule has 1 aromatic carbocycles. The molecule has 3 rings (SSSR count). The summed E-state index contributed by atoms with van der Waals surface area (Å²) in [6.07, 6.45) is 2.20. The Labute approximate surface area is 173 Å². The van der Waals surface area contributed by atoms with Crippen molar-refractivity contribution in [3.8, 4) is 11.4 Å². The highest BCUT2D eigenvalue weighted by Gasteiger charge is 2.25. The summed E-state index contributed by atoms with van der Waals surface area (Å²) in [5.74, 6) is 0.235. The first-order chi connectivity index (χ1) is 14.0. The molecular weight excluding hydrogens is 398 g/mol. The van der Waals surface area contributed by atoms with Crippen LogP contribution in [0.3, 0.4) is 0 Å². The fourth-order valence-corrected chi connectivity index (χ4v) is 3.53. The van der Waals surface area contributed by atoms with E-state index in [1.165, 1.54) is 18.1 Å². The highest BCUT2D eigenvalue weighted by Crippen LogP contribution is 2.30. The van der Waals surface area contributed by atoms with Crippen LogP contribution in [0, 0.1) is 0 Å². The van der Waals surface area contributed by atoms with Crippen molar-refractivity contribution in [2.75, 3.05) is 46.4 Å². The summed E-state index contributed by atoms with van der Waals surface area (Å²) in [7, 11) is 1.50. The molecule has 29 heavy (non-hydrogen) atoms. The molecule has 1 aromatic heterocycles. The Morgan fingerprint density at radius 2 is 2.07 bits per heavy atom. The summed E-state index contributed by atoms with van der Waals surface area (Å²) in [5, 5.41) is 14.2. The zero-order valence-corrected chi connectivity index (χ0v) is 17.2. The van der Waals surface area contributed by atoms with Gasteiger partial charge in [0.2, 0.25) is 5.91 Å². The average Bonchev–Trinajstić information content (AvgIpc) is 3.14. The minimum atomic E-state index is -0.160. The highest BCUT2D eigenvalue weighted by molar-refractivity contribution is 6.33. The lowest BCUT2D eigenvalue weighted by atomic mass is 10.1. The first-order valence-electron chi connectivity index (χ1n) is 9.42. The second kappa shape index (κ2) is 9.66. The molecule has 10 nitrogen and oxygen atoms in total. The normalized spacial score (nSPS) is 15.1. The third-order valence-electron chi connectivity index (χ3n) is 4.71. The van der Waals surface area contributed by atoms with E-state index in [1.807, 2.05) is 6.92 Å². The van der Waals surface area contributed by atoms with Crippen LogP contribution >= 0.6 is 11.6 Å². The molecule has 0 bridgehead atoms. The number of nitrogens with one attached hydrogen (secondary N) is 1. The van der Waals surface area contributed by atoms with Crippen LogP contribution in [-0.4, -0.2) is 88.2 Å². The Kier molecular flexibility index (Phi) is 6.99. The van der Waals surface area contributed by atoms with Gasteiger partial charge in [-0.05, 0) is 29.8 Å². The lowest BCUT2D eigenvalue weighted by molar-refractivity contribution is -0.122. The van der Waals surface area contributed by atoms with E-state index in [4.69, 9.17) is 16.3 Å². The smallest absolute Gasteiger partial charge is 0.257 e. The minimum absolute atomic E-state index is 0.00100. The largest absolute Gasteiger partial charge is 0.496 e. The van der Waals surface area contributed by atoms with Crippen LogP contribution in [0.2, 0.25) is 5.02 Å². The SMILES string of the molecule is CCNC(=O)CN1CCCN(C(=O)c2cc(Cl)c(-n3cnnn3)cc2OC)CC1. The zero-order chi connectivity index (χ0) is 20.8. The number of carbonyl (C=O) groups excluding carboxylic acids is 2. The van der Waals surface area contributed by atoms with Gasteiger partial charge in [0.15, 0.2) is 0 Å². The number of amides is 2. The quantitative estimate of drug-likeness (QED) is 0.728. The summed E-state index contributed by atoms with van der Waals surface area (Å²) in [6, 6.07) is 3.22. The van der Waals surface area contributed by atoms with Crippen molar-refractivity contribution in [1.29, 1.82) is 0 Å². The van der Waals surface area contributed by atoms with Crippen LogP contribution in [-0.2, 0) is 4.79 Å². The number of methoxy groups -OCH3 is 1. The van der Waals surface area contributed by atoms with Crippen molar-refractivity contribution in [1.82, 2.24) is 35.3 Å². The molecule has 156 valence electrons. The van der Waals surface area contributed by atoms with Crippen molar-refractivity contribution in [3.05, 3.63) is 29.0 Å². The molecule has 0 atom stereocenters. The molecular formula is C18H24ClN7O3. The second-order valence-electron chi connectivity index (χ2n) is 6.63. The molecule has 1 saturated heterocycles. The summed E-state index contributed by atoms with van der Waals surface area (Å²) in [5.41, 5.74) is 0.903. The molecule has 2 heterocycles. The maximum absolute atomic E-state index is 13.2. The summed E-state index contributed by atoms with van der Waals surface area (Å²) in [6.45, 7) is 5.35. The van der Waals surface area contributed by atoms with Gasteiger partial charge in [0.1, 0.15) is 12.1 Å². The number of carbonyl (C=O) groups is 2. The Bertz CT molecular complexity index is 859. The van der Waals surface area contributed by atoms with E-state index in [-0.39, 0.29) is 11.8 Å². The van der Waals surface area contributed by atoms with Gasteiger partial charge in [-0.15, -0.1) is 5.10 Å². The topological polar surface area (TPSA) is 105 Å². The molecule has 2 amide bonds. The van der Waals surface area contributed by atoms with Gasteiger partial charge in [-0.25, -0.2) is 0 Å². The van der Waals surface area contributed by atoms with E-state index in [0.29, 0.717) is 54.7 Å². The van der Waals surface area contributed by atoms with Gasteiger partial charge in [0.25, 0.3) is 5.91 Å². The lowest BCUT2D eigenvalue weighted by Crippen LogP contribution is -2.40. The monoisotopic (exact) mass is 421 g/mol. The standard InChI is InChI=1S/C18H24ClN7O3/c1-3-20-17(27)11-24-5-4-6-25(8-7-24)18(28)13-9-14(19)15(10-16(13)29-2)26-12-21-22-23-26/h9-10,12H,3-8,11H2,1-2H3,(H,20,27). The third-order valence-corrected chi connectivity index (χ3v) is 5.01. The predicted molar refractivity (Wildman–Crippen MR) is 106 cm³/mol. The van der Waals surface area contributed by atoms with Gasteiger partial charge in [-0.3, -0.25) is 14.5 Å². The third kappa shape index (κ3) is 5.01. The molecule has 0 spiro atoms. The zero-order valence-electron chi connectivity index (χ0n) is 16.5. The Balaban J connectivity index is 1.74. The molecule has 2 aromatic rings. The van der Waals surface area contributed by atoms with Gasteiger partial charge < -0.3 is 15.0 Å². The number of halogens is 1. The molecule has 1 fully saturated rings. The summed E-state index contributed by atoms with van der Waals surface area (Å²) >= 11 is 6.38. The van der Waals surface area contributed by atoms with E-state index >= 15 is 0 Å². The van der Waals surface area contributed by atoms with Crippen molar-refractivity contribution in [2.45, 2.75) is 13.3 Å². The average molecular weight is 422 g/mol. The summed E-state index contributed by atoms with van der Waals surface area (Å²) < 4.78 is 6.84. The maximum Gasteiger partial charge on any atom is 0.257 e. The number of benzene rings is 1. The van der Waals surface area contributed by atoms with E-state index in [0.717, 1.165) is 13.0 Å². The fraction of sp³-hybridized carbons (Fsp3) is 0.500. The van der Waals surface area contributed by atoms with Crippen LogP contribution in [0.25, 0.3) is 5.69 Å². The fourth-order valence-electron chi connectivity index (χ4n) is 3.28. The van der Waals surface area contributed by atoms with Crippen LogP contribution in [0.15, 0.2) is 18.5 Å². The molecule has 0 radical (unpaired) electrons. The van der Waals surface area contributed by atoms with Gasteiger partial charge >= 0.3 is 0 Å². The molecule has 11 heteroatoms. The van der Waals surface area contributed by atoms with Gasteiger partial charge in [-0.2, -0.15) is 4.68 Å². The number of rotatable bonds is 6. The van der Waals surface area contributed by atoms with Crippen LogP contribution < -0.4 is 10.1 Å². The Hall–Kier alpha value is -2.72. The van der Waals surface area contributed by atoms with E-state index in [1.54, 1.807) is 17.0 Å². The van der Waals surface area contributed by atoms with E-state index in [2.05, 4.69) is 25.7 Å². The molecule has 1 N–H and O–H groups in total. The van der Waals surface area contributed by atoms with Crippen molar-refractivity contribution in [3.63, 3.8) is 0 Å². The number of tetrazole rings is 1. The predicted octanol–water partition coefficient (Wildman–Crippen LogP) is 0.608. The number of aromatic nitrogens is 4. The number of hydrogen-bond acceptors (Lipinski definition) is 7. The second-order valence-corrected chi connectivity index (χ2v) is 7.04. The molecule has 0 saturated carbocycles. The van der Waals surface area contributed by atoms with Crippen LogP contribution in [0.5, 0.6) is 5.75 Å². The van der Waals surface area contributed by atoms with Crippen LogP contribution in [0.1, 0.15) is 23.7 Å². The molecule has 1 aliphatic heterocycles. The highest BCUT2D eigenvalue weighted by atomic mass is 35.5. The van der Waals surface area contributed by atoms with Gasteiger partial charge in [0.05, 0.1) is 29.9 Å². The molecule has 0 unspecified atom stereocenters. The van der Waals surface area contributed by atoms with Gasteiger partial charge in [-0.1, -0.05) is 11.6 Å². The maximum atomic E-state index is 13.2. The van der Waals surface area contributed by atoms with Crippen molar-refractivity contribution in [2.24, 2.45) is 0 Å². The lowest BCUT2D eigenvalue weighted by Gasteiger charge is -2.23. The summed E-state index contributed by atoms with van der Waals surface area (Å²) in [4.78, 5) is 28.8. The Morgan fingerprint density at radius 3 is 2.76 bits per heavy atom. The molecule has 1 aliphatic rings. The minimum Gasteiger partial charge on any atom is -0.496 e. The van der Waals surface area contributed by atoms with E-state index < -0.39 is 0 Å². The van der Waals surface area contributed by atoms with Crippen molar-refractivity contribution >= 4 is 23.4 Å².